The van der Waals surface area contributed by atoms with Crippen LogP contribution in [0, 0.1) is 0 Å². The highest BCUT2D eigenvalue weighted by Crippen LogP contribution is 2.34. The summed E-state index contributed by atoms with van der Waals surface area (Å²) >= 11 is 0. The molecule has 12 heteroatoms. The molecule has 3 aromatic carbocycles. The van der Waals surface area contributed by atoms with Crippen molar-refractivity contribution in [3.05, 3.63) is 88.0 Å². The first-order valence-electron chi connectivity index (χ1n) is 20.2. The van der Waals surface area contributed by atoms with E-state index >= 15 is 0 Å². The van der Waals surface area contributed by atoms with Crippen molar-refractivity contribution in [3.63, 3.8) is 0 Å². The van der Waals surface area contributed by atoms with Crippen LogP contribution in [0.1, 0.15) is 152 Å². The normalized spacial score (nSPS) is 18.6. The second-order valence-electron chi connectivity index (χ2n) is 18.1. The molecule has 12 nitrogen and oxygen atoms in total. The second kappa shape index (κ2) is 18.9. The van der Waals surface area contributed by atoms with Crippen LogP contribution in [0.4, 0.5) is 31.4 Å². The summed E-state index contributed by atoms with van der Waals surface area (Å²) in [6, 6.07) is 17.8. The van der Waals surface area contributed by atoms with Crippen LogP contribution in [0.25, 0.3) is 0 Å². The van der Waals surface area contributed by atoms with E-state index in [0.29, 0.717) is 0 Å². The van der Waals surface area contributed by atoms with E-state index in [1.54, 1.807) is 0 Å². The molecule has 0 saturated heterocycles. The van der Waals surface area contributed by atoms with Crippen molar-refractivity contribution in [2.45, 2.75) is 155 Å². The fraction of sp³-hybridized carbons (Fsp3) is 0.533. The SMILES string of the molecule is CC(C)(C)OC(=O)NC1CCCc2ccc(N)cc21.CC(C)(C)OC(=O)N[C@@H]1CCCc2ccc(N)cc21.CC(C)(C)OC(=O)N[C@H]1CCCc2ccc(N)cc21. The van der Waals surface area contributed by atoms with Crippen LogP contribution in [0.2, 0.25) is 0 Å². The van der Waals surface area contributed by atoms with Gasteiger partial charge in [-0.15, -0.1) is 0 Å². The highest BCUT2D eigenvalue weighted by atomic mass is 16.6. The summed E-state index contributed by atoms with van der Waals surface area (Å²) in [5.41, 5.74) is 25.4. The fourth-order valence-corrected chi connectivity index (χ4v) is 7.25. The minimum Gasteiger partial charge on any atom is -0.444 e. The Bertz CT molecular complexity index is 1650. The van der Waals surface area contributed by atoms with E-state index < -0.39 is 16.8 Å². The number of alkyl carbamates (subject to hydrolysis) is 3. The predicted molar refractivity (Wildman–Crippen MR) is 228 cm³/mol. The molecule has 312 valence electrons. The number of hydrogen-bond acceptors (Lipinski definition) is 9. The summed E-state index contributed by atoms with van der Waals surface area (Å²) in [6.45, 7) is 16.7. The Morgan fingerprint density at radius 1 is 0.474 bits per heavy atom. The number of carbonyl (C=O) groups is 3. The van der Waals surface area contributed by atoms with Gasteiger partial charge in [-0.05, 0) is 190 Å². The van der Waals surface area contributed by atoms with Crippen LogP contribution >= 0.6 is 0 Å². The number of nitrogens with two attached hydrogens (primary N) is 3. The van der Waals surface area contributed by atoms with Gasteiger partial charge in [-0.25, -0.2) is 14.4 Å². The molecule has 0 saturated carbocycles. The van der Waals surface area contributed by atoms with Crippen molar-refractivity contribution >= 4 is 35.3 Å². The molecule has 3 atom stereocenters. The number of carbonyl (C=O) groups excluding carboxylic acids is 3. The monoisotopic (exact) mass is 787 g/mol. The van der Waals surface area contributed by atoms with Gasteiger partial charge in [-0.1, -0.05) is 18.2 Å². The van der Waals surface area contributed by atoms with Gasteiger partial charge in [0.25, 0.3) is 0 Å². The molecule has 6 rings (SSSR count). The third-order valence-electron chi connectivity index (χ3n) is 9.53. The Kier molecular flexibility index (Phi) is 14.8. The largest absolute Gasteiger partial charge is 0.444 e. The molecule has 3 aromatic rings. The maximum Gasteiger partial charge on any atom is 0.408 e. The number of hydrogen-bond donors (Lipinski definition) is 6. The smallest absolute Gasteiger partial charge is 0.408 e. The number of amides is 3. The first-order chi connectivity index (χ1) is 26.5. The number of ether oxygens (including phenoxy) is 3. The molecule has 3 aliphatic carbocycles. The molecule has 57 heavy (non-hydrogen) atoms. The van der Waals surface area contributed by atoms with E-state index in [1.807, 2.05) is 117 Å². The lowest BCUT2D eigenvalue weighted by atomic mass is 9.87. The van der Waals surface area contributed by atoms with Crippen LogP contribution in [-0.2, 0) is 33.5 Å². The number of fused-ring (bicyclic) bond motifs is 3. The van der Waals surface area contributed by atoms with E-state index in [-0.39, 0.29) is 36.4 Å². The molecule has 3 amide bonds. The van der Waals surface area contributed by atoms with Gasteiger partial charge < -0.3 is 47.4 Å². The quantitative estimate of drug-likeness (QED) is 0.111. The zero-order valence-corrected chi connectivity index (χ0v) is 35.5. The molecule has 0 aliphatic heterocycles. The summed E-state index contributed by atoms with van der Waals surface area (Å²) < 4.78 is 15.9. The minimum atomic E-state index is -0.475. The lowest BCUT2D eigenvalue weighted by Crippen LogP contribution is -2.36. The summed E-state index contributed by atoms with van der Waals surface area (Å²) in [4.78, 5) is 35.6. The average molecular weight is 787 g/mol. The van der Waals surface area contributed by atoms with E-state index in [0.717, 1.165) is 91.5 Å². The van der Waals surface area contributed by atoms with Gasteiger partial charge in [0.15, 0.2) is 0 Å². The summed E-state index contributed by atoms with van der Waals surface area (Å²) in [6.07, 6.45) is 8.01. The third kappa shape index (κ3) is 14.7. The lowest BCUT2D eigenvalue weighted by Gasteiger charge is -2.28. The summed E-state index contributed by atoms with van der Waals surface area (Å²) in [5, 5.41) is 8.83. The molecule has 0 fully saturated rings. The Balaban J connectivity index is 0.000000189. The fourth-order valence-electron chi connectivity index (χ4n) is 7.25. The van der Waals surface area contributed by atoms with Gasteiger partial charge in [0.05, 0.1) is 18.1 Å². The number of rotatable bonds is 3. The average Bonchev–Trinajstić information content (AvgIpc) is 3.07. The Morgan fingerprint density at radius 2 is 0.719 bits per heavy atom. The van der Waals surface area contributed by atoms with Crippen molar-refractivity contribution in [3.8, 4) is 0 Å². The first-order valence-corrected chi connectivity index (χ1v) is 20.2. The van der Waals surface area contributed by atoms with Gasteiger partial charge in [0.1, 0.15) is 16.8 Å². The molecule has 0 radical (unpaired) electrons. The van der Waals surface area contributed by atoms with Gasteiger partial charge in [-0.2, -0.15) is 0 Å². The van der Waals surface area contributed by atoms with E-state index in [9.17, 15) is 14.4 Å². The third-order valence-corrected chi connectivity index (χ3v) is 9.53. The topological polar surface area (TPSA) is 193 Å². The minimum absolute atomic E-state index is 0.00194. The van der Waals surface area contributed by atoms with Crippen LogP contribution in [0.3, 0.4) is 0 Å². The summed E-state index contributed by atoms with van der Waals surface area (Å²) in [7, 11) is 0. The standard InChI is InChI=1S/3C15H22N2O2/c3*1-15(2,3)19-14(18)17-13-6-4-5-10-7-8-11(16)9-12(10)13/h3*7-9,13H,4-6,16H2,1-3H3,(H,17,18)/t2*13-;/m10./s1. The Morgan fingerprint density at radius 3 is 0.947 bits per heavy atom. The van der Waals surface area contributed by atoms with E-state index in [1.165, 1.54) is 16.7 Å². The van der Waals surface area contributed by atoms with Gasteiger partial charge in [0.2, 0.25) is 0 Å². The van der Waals surface area contributed by atoms with Crippen molar-refractivity contribution < 1.29 is 28.6 Å². The molecule has 9 N–H and O–H groups in total. The molecule has 0 spiro atoms. The van der Waals surface area contributed by atoms with Crippen LogP contribution < -0.4 is 33.2 Å². The van der Waals surface area contributed by atoms with Crippen LogP contribution in [-0.4, -0.2) is 35.1 Å². The molecule has 0 bridgehead atoms. The van der Waals surface area contributed by atoms with Crippen LogP contribution in [0.5, 0.6) is 0 Å². The van der Waals surface area contributed by atoms with E-state index in [4.69, 9.17) is 31.4 Å². The van der Waals surface area contributed by atoms with Gasteiger partial charge in [0, 0.05) is 17.1 Å². The van der Waals surface area contributed by atoms with Crippen molar-refractivity contribution in [1.29, 1.82) is 0 Å². The van der Waals surface area contributed by atoms with Crippen molar-refractivity contribution in [2.24, 2.45) is 0 Å². The van der Waals surface area contributed by atoms with Crippen LogP contribution in [0.15, 0.2) is 54.6 Å². The van der Waals surface area contributed by atoms with Crippen molar-refractivity contribution in [2.75, 3.05) is 17.2 Å². The highest BCUT2D eigenvalue weighted by molar-refractivity contribution is 5.70. The van der Waals surface area contributed by atoms with E-state index in [2.05, 4.69) is 16.0 Å². The number of nitrogens with one attached hydrogen (secondary N) is 3. The molecular weight excluding hydrogens is 721 g/mol. The number of aryl methyl sites for hydroxylation is 3. The number of anilines is 3. The molecular formula is C45H66N6O6. The molecule has 3 aliphatic rings. The molecule has 0 aromatic heterocycles. The maximum atomic E-state index is 11.9. The van der Waals surface area contributed by atoms with Gasteiger partial charge >= 0.3 is 18.3 Å². The number of benzene rings is 3. The first kappa shape index (κ1) is 44.6. The molecule has 0 heterocycles. The Labute approximate surface area is 339 Å². The summed E-state index contributed by atoms with van der Waals surface area (Å²) in [5.74, 6) is 0. The zero-order valence-electron chi connectivity index (χ0n) is 35.5. The Hall–Kier alpha value is -5.13. The second-order valence-corrected chi connectivity index (χ2v) is 18.1. The highest BCUT2D eigenvalue weighted by Gasteiger charge is 2.27. The number of nitrogen functional groups attached to an aromatic ring is 3. The lowest BCUT2D eigenvalue weighted by molar-refractivity contribution is 0.0487. The zero-order chi connectivity index (χ0) is 42.1. The maximum absolute atomic E-state index is 11.9. The predicted octanol–water partition coefficient (Wildman–Crippen LogP) is 9.51. The van der Waals surface area contributed by atoms with Crippen molar-refractivity contribution in [1.82, 2.24) is 16.0 Å². The van der Waals surface area contributed by atoms with Gasteiger partial charge in [-0.3, -0.25) is 0 Å². The molecule has 1 unspecified atom stereocenters.